The lowest BCUT2D eigenvalue weighted by Gasteiger charge is -2.38. The number of rotatable bonds is 2. The van der Waals surface area contributed by atoms with E-state index in [1.165, 1.54) is 25.7 Å². The number of nitrogens with zero attached hydrogens (tertiary/aromatic N) is 4. The van der Waals surface area contributed by atoms with Crippen LogP contribution in [0, 0.1) is 0 Å². The summed E-state index contributed by atoms with van der Waals surface area (Å²) >= 11 is 6.05. The molecule has 0 N–H and O–H groups in total. The average molecular weight is 269 g/mol. The monoisotopic (exact) mass is 268 g/mol. The van der Waals surface area contributed by atoms with Crippen molar-refractivity contribution in [3.63, 3.8) is 0 Å². The van der Waals surface area contributed by atoms with E-state index < -0.39 is 0 Å². The maximum absolute atomic E-state index is 6.05. The van der Waals surface area contributed by atoms with E-state index in [1.807, 2.05) is 0 Å². The maximum atomic E-state index is 6.05. The van der Waals surface area contributed by atoms with Gasteiger partial charge in [-0.3, -0.25) is 4.90 Å². The van der Waals surface area contributed by atoms with Crippen LogP contribution in [0.15, 0.2) is 6.33 Å². The summed E-state index contributed by atoms with van der Waals surface area (Å²) in [7, 11) is 1.61. The quantitative estimate of drug-likeness (QED) is 0.759. The summed E-state index contributed by atoms with van der Waals surface area (Å²) in [5.41, 5.74) is 0. The second-order valence-corrected chi connectivity index (χ2v) is 5.16. The Labute approximate surface area is 112 Å². The van der Waals surface area contributed by atoms with Crippen LogP contribution >= 0.6 is 11.6 Å². The Kier molecular flexibility index (Phi) is 3.26. The highest BCUT2D eigenvalue weighted by Crippen LogP contribution is 2.33. The van der Waals surface area contributed by atoms with Crippen LogP contribution < -0.4 is 9.64 Å². The number of ether oxygens (including phenoxy) is 1. The predicted molar refractivity (Wildman–Crippen MR) is 70.4 cm³/mol. The lowest BCUT2D eigenvalue weighted by molar-refractivity contribution is 0.229. The second kappa shape index (κ2) is 4.90. The topological polar surface area (TPSA) is 41.5 Å². The number of fused-ring (bicyclic) bond motifs is 1. The molecule has 3 heterocycles. The first-order valence-electron chi connectivity index (χ1n) is 6.33. The predicted octanol–water partition coefficient (Wildman–Crippen LogP) is 1.42. The summed E-state index contributed by atoms with van der Waals surface area (Å²) in [4.78, 5) is 13.1. The van der Waals surface area contributed by atoms with Crippen LogP contribution in [0.3, 0.4) is 0 Å². The van der Waals surface area contributed by atoms with Gasteiger partial charge in [0.25, 0.3) is 0 Å². The van der Waals surface area contributed by atoms with Gasteiger partial charge in [0.05, 0.1) is 7.11 Å². The zero-order chi connectivity index (χ0) is 12.5. The van der Waals surface area contributed by atoms with Gasteiger partial charge < -0.3 is 9.64 Å². The Morgan fingerprint density at radius 1 is 1.33 bits per heavy atom. The van der Waals surface area contributed by atoms with Gasteiger partial charge in [-0.2, -0.15) is 0 Å². The Morgan fingerprint density at radius 3 is 3.06 bits per heavy atom. The van der Waals surface area contributed by atoms with Gasteiger partial charge in [-0.1, -0.05) is 11.6 Å². The van der Waals surface area contributed by atoms with E-state index in [2.05, 4.69) is 19.8 Å². The molecule has 98 valence electrons. The highest BCUT2D eigenvalue weighted by molar-refractivity contribution is 6.31. The highest BCUT2D eigenvalue weighted by atomic mass is 35.5. The Hall–Kier alpha value is -1.07. The van der Waals surface area contributed by atoms with Crippen molar-refractivity contribution in [2.24, 2.45) is 0 Å². The molecule has 2 fully saturated rings. The molecule has 1 aromatic rings. The zero-order valence-corrected chi connectivity index (χ0v) is 11.2. The fourth-order valence-corrected chi connectivity index (χ4v) is 3.13. The molecule has 0 spiro atoms. The second-order valence-electron chi connectivity index (χ2n) is 4.80. The fourth-order valence-electron chi connectivity index (χ4n) is 2.93. The van der Waals surface area contributed by atoms with Crippen LogP contribution in [0.2, 0.25) is 5.15 Å². The minimum absolute atomic E-state index is 0.386. The van der Waals surface area contributed by atoms with E-state index in [4.69, 9.17) is 16.3 Å². The Morgan fingerprint density at radius 2 is 2.22 bits per heavy atom. The molecule has 0 amide bonds. The summed E-state index contributed by atoms with van der Waals surface area (Å²) in [6.45, 7) is 4.31. The van der Waals surface area contributed by atoms with Gasteiger partial charge >= 0.3 is 0 Å². The van der Waals surface area contributed by atoms with Crippen LogP contribution in [-0.4, -0.2) is 54.2 Å². The summed E-state index contributed by atoms with van der Waals surface area (Å²) in [5.74, 6) is 1.41. The smallest absolute Gasteiger partial charge is 0.199 e. The van der Waals surface area contributed by atoms with Gasteiger partial charge in [0.2, 0.25) is 0 Å². The third-order valence-corrected chi connectivity index (χ3v) is 4.10. The number of halogens is 1. The lowest BCUT2D eigenvalue weighted by Crippen LogP contribution is -2.50. The van der Waals surface area contributed by atoms with Crippen LogP contribution in [0.25, 0.3) is 0 Å². The molecule has 0 aromatic carbocycles. The van der Waals surface area contributed by atoms with Crippen molar-refractivity contribution < 1.29 is 4.74 Å². The number of anilines is 1. The van der Waals surface area contributed by atoms with Gasteiger partial charge in [-0.15, -0.1) is 0 Å². The summed E-state index contributed by atoms with van der Waals surface area (Å²) in [6.07, 6.45) is 4.08. The molecule has 0 radical (unpaired) electrons. The molecule has 3 rings (SSSR count). The van der Waals surface area contributed by atoms with E-state index in [1.54, 1.807) is 7.11 Å². The number of hydrogen-bond donors (Lipinski definition) is 0. The molecule has 5 nitrogen and oxygen atoms in total. The summed E-state index contributed by atoms with van der Waals surface area (Å²) in [5, 5.41) is 0.386. The van der Waals surface area contributed by atoms with Gasteiger partial charge in [-0.25, -0.2) is 9.97 Å². The minimum atomic E-state index is 0.386. The SMILES string of the molecule is COc1c(Cl)ncnc1N1CCN2CCCC2C1. The van der Waals surface area contributed by atoms with Gasteiger partial charge in [0.15, 0.2) is 16.7 Å². The molecule has 1 atom stereocenters. The van der Waals surface area contributed by atoms with Crippen LogP contribution in [0.1, 0.15) is 12.8 Å². The summed E-state index contributed by atoms with van der Waals surface area (Å²) < 4.78 is 5.33. The highest BCUT2D eigenvalue weighted by Gasteiger charge is 2.32. The largest absolute Gasteiger partial charge is 0.490 e. The van der Waals surface area contributed by atoms with Gasteiger partial charge in [0.1, 0.15) is 6.33 Å². The molecule has 2 aliphatic rings. The van der Waals surface area contributed by atoms with E-state index in [0.717, 1.165) is 25.5 Å². The minimum Gasteiger partial charge on any atom is -0.490 e. The molecule has 1 unspecified atom stereocenters. The molecular formula is C12H17ClN4O. The first-order chi connectivity index (χ1) is 8.79. The number of piperazine rings is 1. The fraction of sp³-hybridized carbons (Fsp3) is 0.667. The number of aromatic nitrogens is 2. The number of hydrogen-bond acceptors (Lipinski definition) is 5. The third kappa shape index (κ3) is 2.01. The average Bonchev–Trinajstić information content (AvgIpc) is 2.85. The van der Waals surface area contributed by atoms with Crippen molar-refractivity contribution in [3.05, 3.63) is 11.5 Å². The molecule has 0 aliphatic carbocycles. The molecule has 18 heavy (non-hydrogen) atoms. The van der Waals surface area contributed by atoms with Gasteiger partial charge in [0, 0.05) is 25.7 Å². The first-order valence-corrected chi connectivity index (χ1v) is 6.71. The van der Waals surface area contributed by atoms with E-state index in [9.17, 15) is 0 Å². The molecule has 6 heteroatoms. The maximum Gasteiger partial charge on any atom is 0.199 e. The van der Waals surface area contributed by atoms with E-state index in [-0.39, 0.29) is 0 Å². The van der Waals surface area contributed by atoms with Crippen LogP contribution in [-0.2, 0) is 0 Å². The van der Waals surface area contributed by atoms with Crippen molar-refractivity contribution in [2.75, 3.05) is 38.2 Å². The Bertz CT molecular complexity index is 442. The third-order valence-electron chi connectivity index (χ3n) is 3.83. The van der Waals surface area contributed by atoms with Crippen molar-refractivity contribution >= 4 is 17.4 Å². The van der Waals surface area contributed by atoms with Crippen LogP contribution in [0.4, 0.5) is 5.82 Å². The normalized spacial score (nSPS) is 24.1. The standard InChI is InChI=1S/C12H17ClN4O/c1-18-10-11(13)14-8-15-12(10)17-6-5-16-4-2-3-9(16)7-17/h8-9H,2-7H2,1H3. The van der Waals surface area contributed by atoms with Crippen LogP contribution in [0.5, 0.6) is 5.75 Å². The Balaban J connectivity index is 1.84. The van der Waals surface area contributed by atoms with E-state index in [0.29, 0.717) is 16.9 Å². The molecule has 2 saturated heterocycles. The first kappa shape index (κ1) is 12.0. The van der Waals surface area contributed by atoms with Crippen molar-refractivity contribution in [2.45, 2.75) is 18.9 Å². The molecule has 2 aliphatic heterocycles. The van der Waals surface area contributed by atoms with Crippen molar-refractivity contribution in [1.82, 2.24) is 14.9 Å². The molecular weight excluding hydrogens is 252 g/mol. The molecule has 0 bridgehead atoms. The van der Waals surface area contributed by atoms with Crippen molar-refractivity contribution in [3.8, 4) is 5.75 Å². The molecule has 1 aromatic heterocycles. The number of methoxy groups -OCH3 is 1. The summed E-state index contributed by atoms with van der Waals surface area (Å²) in [6, 6.07) is 0.650. The zero-order valence-electron chi connectivity index (χ0n) is 10.5. The van der Waals surface area contributed by atoms with Crippen molar-refractivity contribution in [1.29, 1.82) is 0 Å². The van der Waals surface area contributed by atoms with Gasteiger partial charge in [-0.05, 0) is 19.4 Å². The molecule has 0 saturated carbocycles. The van der Waals surface area contributed by atoms with E-state index >= 15 is 0 Å². The lowest BCUT2D eigenvalue weighted by atomic mass is 10.1.